The molecule has 0 spiro atoms. The number of nitrogens with zero attached hydrogens (tertiary/aromatic N) is 2. The summed E-state index contributed by atoms with van der Waals surface area (Å²) in [4.78, 5) is 45.2. The predicted molar refractivity (Wildman–Crippen MR) is 85.7 cm³/mol. The van der Waals surface area contributed by atoms with Crippen LogP contribution in [0.3, 0.4) is 0 Å². The molecule has 0 unspecified atom stereocenters. The van der Waals surface area contributed by atoms with Crippen molar-refractivity contribution in [2.75, 3.05) is 14.2 Å². The number of benzene rings is 1. The number of ether oxygens (including phenoxy) is 2. The maximum Gasteiger partial charge on any atom is 0.358 e. The Hall–Kier alpha value is -3.55. The summed E-state index contributed by atoms with van der Waals surface area (Å²) < 4.78 is 9.60. The van der Waals surface area contributed by atoms with Crippen molar-refractivity contribution in [3.8, 4) is 11.3 Å². The molecule has 2 N–H and O–H groups in total. The van der Waals surface area contributed by atoms with Gasteiger partial charge in [0, 0.05) is 5.56 Å². The molecule has 25 heavy (non-hydrogen) atoms. The quantitative estimate of drug-likeness (QED) is 0.826. The number of hydrogen-bond donors (Lipinski definition) is 1. The van der Waals surface area contributed by atoms with E-state index in [0.717, 1.165) is 0 Å². The van der Waals surface area contributed by atoms with Crippen LogP contribution in [-0.4, -0.2) is 41.7 Å². The van der Waals surface area contributed by atoms with E-state index >= 15 is 0 Å². The van der Waals surface area contributed by atoms with E-state index in [2.05, 4.69) is 9.97 Å². The van der Waals surface area contributed by atoms with E-state index in [-0.39, 0.29) is 34.2 Å². The monoisotopic (exact) mass is 339 g/mol. The molecule has 0 atom stereocenters. The third kappa shape index (κ3) is 2.53. The molecule has 0 fully saturated rings. The van der Waals surface area contributed by atoms with Crippen LogP contribution >= 0.6 is 0 Å². The van der Waals surface area contributed by atoms with Crippen molar-refractivity contribution in [3.05, 3.63) is 58.9 Å². The van der Waals surface area contributed by atoms with Gasteiger partial charge in [0.2, 0.25) is 5.78 Å². The van der Waals surface area contributed by atoms with Gasteiger partial charge in [0.05, 0.1) is 14.2 Å². The molecule has 8 nitrogen and oxygen atoms in total. The number of rotatable bonds is 3. The smallest absolute Gasteiger partial charge is 0.358 e. The van der Waals surface area contributed by atoms with Gasteiger partial charge in [-0.1, -0.05) is 30.3 Å². The number of Topliss-reactive ketones (excluding diaryl/α,β-unsaturated/α-hetero) is 2. The molecule has 0 saturated carbocycles. The summed E-state index contributed by atoms with van der Waals surface area (Å²) in [7, 11) is 2.40. The van der Waals surface area contributed by atoms with Crippen LogP contribution in [0.2, 0.25) is 0 Å². The lowest BCUT2D eigenvalue weighted by atomic mass is 9.98. The van der Waals surface area contributed by atoms with Crippen LogP contribution < -0.4 is 5.73 Å². The van der Waals surface area contributed by atoms with Crippen LogP contribution in [0, 0.1) is 0 Å². The average Bonchev–Trinajstić information content (AvgIpc) is 2.65. The number of carbonyl (C=O) groups excluding carboxylic acids is 3. The lowest BCUT2D eigenvalue weighted by molar-refractivity contribution is 0.0593. The summed E-state index contributed by atoms with van der Waals surface area (Å²) in [5.41, 5.74) is 5.30. The van der Waals surface area contributed by atoms with Crippen LogP contribution in [0.4, 0.5) is 0 Å². The lowest BCUT2D eigenvalue weighted by Gasteiger charge is -2.18. The maximum absolute atomic E-state index is 12.4. The van der Waals surface area contributed by atoms with Crippen molar-refractivity contribution in [2.24, 2.45) is 5.73 Å². The number of carbonyl (C=O) groups is 3. The van der Waals surface area contributed by atoms with Gasteiger partial charge in [-0.05, 0) is 0 Å². The molecule has 1 aromatic carbocycles. The Bertz CT molecular complexity index is 935. The summed E-state index contributed by atoms with van der Waals surface area (Å²) in [6.07, 6.45) is 0. The van der Waals surface area contributed by atoms with Crippen LogP contribution in [-0.2, 0) is 9.47 Å². The molecule has 1 aromatic heterocycles. The van der Waals surface area contributed by atoms with Crippen molar-refractivity contribution >= 4 is 17.5 Å². The minimum atomic E-state index is -0.782. The van der Waals surface area contributed by atoms with Crippen LogP contribution in [0.25, 0.3) is 11.3 Å². The van der Waals surface area contributed by atoms with Gasteiger partial charge < -0.3 is 15.2 Å². The number of ketones is 2. The first-order chi connectivity index (χ1) is 12.0. The van der Waals surface area contributed by atoms with Gasteiger partial charge in [-0.2, -0.15) is 0 Å². The summed E-state index contributed by atoms with van der Waals surface area (Å²) in [5.74, 6) is -2.51. The highest BCUT2D eigenvalue weighted by molar-refractivity contribution is 6.24. The Labute approximate surface area is 142 Å². The van der Waals surface area contributed by atoms with E-state index in [1.54, 1.807) is 30.3 Å². The van der Waals surface area contributed by atoms with Crippen molar-refractivity contribution in [1.82, 2.24) is 9.97 Å². The average molecular weight is 339 g/mol. The molecule has 126 valence electrons. The molecule has 8 heteroatoms. The minimum absolute atomic E-state index is 0.126. The van der Waals surface area contributed by atoms with Crippen molar-refractivity contribution in [1.29, 1.82) is 0 Å². The Morgan fingerprint density at radius 2 is 1.60 bits per heavy atom. The first kappa shape index (κ1) is 16.3. The van der Waals surface area contributed by atoms with Gasteiger partial charge in [-0.15, -0.1) is 0 Å². The summed E-state index contributed by atoms with van der Waals surface area (Å²) in [6, 6.07) is 8.65. The van der Waals surface area contributed by atoms with Gasteiger partial charge in [0.1, 0.15) is 22.8 Å². The highest BCUT2D eigenvalue weighted by Crippen LogP contribution is 2.27. The maximum atomic E-state index is 12.4. The molecule has 1 heterocycles. The zero-order valence-corrected chi connectivity index (χ0v) is 13.4. The molecule has 0 amide bonds. The van der Waals surface area contributed by atoms with Crippen molar-refractivity contribution in [2.45, 2.75) is 0 Å². The van der Waals surface area contributed by atoms with Crippen LogP contribution in [0.15, 0.2) is 41.8 Å². The van der Waals surface area contributed by atoms with E-state index in [1.165, 1.54) is 14.2 Å². The van der Waals surface area contributed by atoms with E-state index < -0.39 is 17.5 Å². The number of hydrogen-bond acceptors (Lipinski definition) is 8. The summed E-state index contributed by atoms with van der Waals surface area (Å²) >= 11 is 0. The number of fused-ring (bicyclic) bond motifs is 1. The number of aromatic nitrogens is 2. The molecule has 1 aliphatic carbocycles. The first-order valence-corrected chi connectivity index (χ1v) is 7.18. The highest BCUT2D eigenvalue weighted by Gasteiger charge is 2.36. The van der Waals surface area contributed by atoms with Gasteiger partial charge in [0.25, 0.3) is 5.78 Å². The Morgan fingerprint density at radius 1 is 0.960 bits per heavy atom. The minimum Gasteiger partial charge on any atom is -0.491 e. The number of nitrogens with two attached hydrogens (primary N) is 1. The molecule has 0 radical (unpaired) electrons. The highest BCUT2D eigenvalue weighted by atomic mass is 16.5. The van der Waals surface area contributed by atoms with Crippen LogP contribution in [0.1, 0.15) is 31.5 Å². The molecule has 0 bridgehead atoms. The summed E-state index contributed by atoms with van der Waals surface area (Å²) in [5, 5.41) is 0. The standard InChI is InChI=1S/C17H13N3O5/c1-24-16-9(18)14(21)11-12(15(16)22)20-13(17(23)25-2)10(19-11)8-6-4-3-5-7-8/h3-7H,18H2,1-2H3. The lowest BCUT2D eigenvalue weighted by Crippen LogP contribution is -2.30. The summed E-state index contributed by atoms with van der Waals surface area (Å²) in [6.45, 7) is 0. The first-order valence-electron chi connectivity index (χ1n) is 7.18. The van der Waals surface area contributed by atoms with Gasteiger partial charge in [-0.25, -0.2) is 14.8 Å². The van der Waals surface area contributed by atoms with Crippen molar-refractivity contribution in [3.63, 3.8) is 0 Å². The van der Waals surface area contributed by atoms with Gasteiger partial charge in [-0.3, -0.25) is 9.59 Å². The Kier molecular flexibility index (Phi) is 4.02. The fourth-order valence-electron chi connectivity index (χ4n) is 2.45. The largest absolute Gasteiger partial charge is 0.491 e. The predicted octanol–water partition coefficient (Wildman–Crippen LogP) is 1.13. The Morgan fingerprint density at radius 3 is 2.20 bits per heavy atom. The van der Waals surface area contributed by atoms with Gasteiger partial charge >= 0.3 is 5.97 Å². The SMILES string of the molecule is COC(=O)c1nc2c(nc1-c1ccccc1)C(=O)C(N)=C(OC)C2=O. The third-order valence-electron chi connectivity index (χ3n) is 3.65. The molecule has 0 saturated heterocycles. The van der Waals surface area contributed by atoms with E-state index in [1.807, 2.05) is 0 Å². The number of esters is 1. The Balaban J connectivity index is 2.31. The molecule has 1 aliphatic rings. The zero-order valence-electron chi connectivity index (χ0n) is 13.4. The molecular weight excluding hydrogens is 326 g/mol. The van der Waals surface area contributed by atoms with Crippen LogP contribution in [0.5, 0.6) is 0 Å². The molecule has 0 aliphatic heterocycles. The molecule has 2 aromatic rings. The van der Waals surface area contributed by atoms with E-state index in [4.69, 9.17) is 15.2 Å². The second-order valence-electron chi connectivity index (χ2n) is 5.08. The molecular formula is C17H13N3O5. The fraction of sp³-hybridized carbons (Fsp3) is 0.118. The van der Waals surface area contributed by atoms with E-state index in [0.29, 0.717) is 5.56 Å². The third-order valence-corrected chi connectivity index (χ3v) is 3.65. The van der Waals surface area contributed by atoms with E-state index in [9.17, 15) is 14.4 Å². The fourth-order valence-corrected chi connectivity index (χ4v) is 2.45. The normalized spacial score (nSPS) is 13.5. The number of allylic oxidation sites excluding steroid dienone is 2. The topological polar surface area (TPSA) is 121 Å². The van der Waals surface area contributed by atoms with Crippen molar-refractivity contribution < 1.29 is 23.9 Å². The zero-order chi connectivity index (χ0) is 18.1. The second-order valence-corrected chi connectivity index (χ2v) is 5.08. The second kappa shape index (κ2) is 6.16. The van der Waals surface area contributed by atoms with Gasteiger partial charge in [0.15, 0.2) is 11.5 Å². The number of methoxy groups -OCH3 is 2. The molecule has 3 rings (SSSR count).